The van der Waals surface area contributed by atoms with Gasteiger partial charge in [0, 0.05) is 11.1 Å². The quantitative estimate of drug-likeness (QED) is 0.400. The number of fused-ring (bicyclic) bond motifs is 1. The van der Waals surface area contributed by atoms with Crippen LogP contribution in [0.2, 0.25) is 0 Å². The second-order valence-electron chi connectivity index (χ2n) is 6.56. The van der Waals surface area contributed by atoms with Crippen molar-refractivity contribution in [3.05, 3.63) is 90.4 Å². The van der Waals surface area contributed by atoms with Crippen LogP contribution in [-0.4, -0.2) is 12.3 Å². The maximum atomic E-state index is 12.3. The van der Waals surface area contributed by atoms with Crippen LogP contribution >= 0.6 is 0 Å². The molecule has 0 aliphatic rings. The Kier molecular flexibility index (Phi) is 5.53. The molecule has 158 valence electrons. The normalized spacial score (nSPS) is 11.3. The van der Waals surface area contributed by atoms with Crippen LogP contribution in [0, 0.1) is 0 Å². The molecule has 0 unspecified atom stereocenters. The van der Waals surface area contributed by atoms with Gasteiger partial charge in [-0.2, -0.15) is 0 Å². The molecule has 5 nitrogen and oxygen atoms in total. The maximum Gasteiger partial charge on any atom is 0.573 e. The van der Waals surface area contributed by atoms with E-state index in [-0.39, 0.29) is 18.1 Å². The summed E-state index contributed by atoms with van der Waals surface area (Å²) in [5, 5.41) is 4.56. The summed E-state index contributed by atoms with van der Waals surface area (Å²) in [6, 6.07) is 21.5. The molecule has 0 fully saturated rings. The summed E-state index contributed by atoms with van der Waals surface area (Å²) in [5.74, 6) is 0.276. The number of alkyl halides is 3. The van der Waals surface area contributed by atoms with E-state index in [2.05, 4.69) is 10.1 Å². The number of halogens is 3. The molecule has 0 atom stereocenters. The van der Waals surface area contributed by atoms with Gasteiger partial charge in [0.15, 0.2) is 5.76 Å². The van der Waals surface area contributed by atoms with E-state index in [0.717, 1.165) is 22.9 Å². The molecule has 1 N–H and O–H groups in total. The fourth-order valence-electron chi connectivity index (χ4n) is 2.98. The summed E-state index contributed by atoms with van der Waals surface area (Å²) >= 11 is 0. The van der Waals surface area contributed by atoms with Gasteiger partial charge in [-0.15, -0.1) is 13.2 Å². The number of furan rings is 1. The second kappa shape index (κ2) is 8.43. The Labute approximate surface area is 175 Å². The van der Waals surface area contributed by atoms with E-state index >= 15 is 0 Å². The Bertz CT molecular complexity index is 1190. The lowest BCUT2D eigenvalue weighted by Gasteiger charge is -2.09. The van der Waals surface area contributed by atoms with Crippen LogP contribution in [0.4, 0.5) is 18.9 Å². The summed E-state index contributed by atoms with van der Waals surface area (Å²) in [6.07, 6.45) is -4.77. The van der Waals surface area contributed by atoms with Crippen LogP contribution in [0.3, 0.4) is 0 Å². The van der Waals surface area contributed by atoms with Gasteiger partial charge >= 0.3 is 6.36 Å². The zero-order valence-corrected chi connectivity index (χ0v) is 16.0. The van der Waals surface area contributed by atoms with E-state index < -0.39 is 12.3 Å². The fourth-order valence-corrected chi connectivity index (χ4v) is 2.98. The van der Waals surface area contributed by atoms with Crippen molar-refractivity contribution in [3.63, 3.8) is 0 Å². The number of rotatable bonds is 6. The van der Waals surface area contributed by atoms with Gasteiger partial charge in [-0.05, 0) is 47.9 Å². The van der Waals surface area contributed by atoms with Crippen molar-refractivity contribution in [2.24, 2.45) is 0 Å². The SMILES string of the molecule is O=C(Nc1ccc(OC(F)(F)F)cc1)c1ccc(COc2cccc3ccccc23)o1. The largest absolute Gasteiger partial charge is 0.573 e. The van der Waals surface area contributed by atoms with Crippen LogP contribution in [0.5, 0.6) is 11.5 Å². The Morgan fingerprint density at radius 1 is 0.903 bits per heavy atom. The summed E-state index contributed by atoms with van der Waals surface area (Å²) in [6.45, 7) is 0.130. The predicted octanol–water partition coefficient (Wildman–Crippen LogP) is 6.16. The zero-order valence-electron chi connectivity index (χ0n) is 16.0. The van der Waals surface area contributed by atoms with Gasteiger partial charge in [-0.25, -0.2) is 0 Å². The number of hydrogen-bond acceptors (Lipinski definition) is 4. The van der Waals surface area contributed by atoms with Crippen LogP contribution in [-0.2, 0) is 6.61 Å². The zero-order chi connectivity index (χ0) is 21.8. The minimum absolute atomic E-state index is 0.0483. The minimum Gasteiger partial charge on any atom is -0.485 e. The Balaban J connectivity index is 1.37. The Hall–Kier alpha value is -3.94. The molecule has 4 aromatic rings. The van der Waals surface area contributed by atoms with Crippen molar-refractivity contribution in [2.75, 3.05) is 5.32 Å². The molecule has 0 saturated carbocycles. The van der Waals surface area contributed by atoms with Gasteiger partial charge in [0.1, 0.15) is 23.9 Å². The molecular weight excluding hydrogens is 411 g/mol. The van der Waals surface area contributed by atoms with E-state index in [4.69, 9.17) is 9.15 Å². The lowest BCUT2D eigenvalue weighted by molar-refractivity contribution is -0.274. The van der Waals surface area contributed by atoms with E-state index in [1.807, 2.05) is 42.5 Å². The summed E-state index contributed by atoms with van der Waals surface area (Å²) in [7, 11) is 0. The van der Waals surface area contributed by atoms with Crippen LogP contribution in [0.25, 0.3) is 10.8 Å². The van der Waals surface area contributed by atoms with Crippen LogP contribution in [0.15, 0.2) is 83.3 Å². The first-order valence-corrected chi connectivity index (χ1v) is 9.24. The Morgan fingerprint density at radius 3 is 2.42 bits per heavy atom. The Morgan fingerprint density at radius 2 is 1.65 bits per heavy atom. The molecule has 0 aliphatic carbocycles. The van der Waals surface area contributed by atoms with Crippen LogP contribution in [0.1, 0.15) is 16.3 Å². The smallest absolute Gasteiger partial charge is 0.485 e. The highest BCUT2D eigenvalue weighted by Gasteiger charge is 2.31. The predicted molar refractivity (Wildman–Crippen MR) is 108 cm³/mol. The monoisotopic (exact) mass is 427 g/mol. The number of amides is 1. The number of benzene rings is 3. The van der Waals surface area contributed by atoms with Crippen molar-refractivity contribution in [2.45, 2.75) is 13.0 Å². The molecule has 3 aromatic carbocycles. The van der Waals surface area contributed by atoms with E-state index in [1.54, 1.807) is 6.07 Å². The van der Waals surface area contributed by atoms with Gasteiger partial charge in [-0.3, -0.25) is 4.79 Å². The number of carbonyl (C=O) groups is 1. The molecule has 4 rings (SSSR count). The maximum absolute atomic E-state index is 12.3. The molecule has 0 saturated heterocycles. The summed E-state index contributed by atoms with van der Waals surface area (Å²) in [4.78, 5) is 12.3. The molecule has 0 spiro atoms. The standard InChI is InChI=1S/C23H16F3NO4/c24-23(25,26)31-17-10-8-16(9-11-17)27-22(28)21-13-12-18(30-21)14-29-20-7-3-5-15-4-1-2-6-19(15)20/h1-13H,14H2,(H,27,28). The third-order valence-corrected chi connectivity index (χ3v) is 4.35. The molecule has 0 radical (unpaired) electrons. The summed E-state index contributed by atoms with van der Waals surface area (Å²) < 4.78 is 51.8. The molecule has 0 bridgehead atoms. The van der Waals surface area contributed by atoms with E-state index in [9.17, 15) is 18.0 Å². The van der Waals surface area contributed by atoms with Gasteiger partial charge in [0.2, 0.25) is 0 Å². The summed E-state index contributed by atoms with van der Waals surface area (Å²) in [5.41, 5.74) is 0.296. The highest BCUT2D eigenvalue weighted by molar-refractivity contribution is 6.02. The number of nitrogens with one attached hydrogen (secondary N) is 1. The third-order valence-electron chi connectivity index (χ3n) is 4.35. The third kappa shape index (κ3) is 5.16. The molecule has 1 aromatic heterocycles. The molecule has 1 amide bonds. The number of hydrogen-bond donors (Lipinski definition) is 1. The van der Waals surface area contributed by atoms with Crippen molar-refractivity contribution < 1.29 is 31.9 Å². The molecular formula is C23H16F3NO4. The first kappa shape index (κ1) is 20.3. The van der Waals surface area contributed by atoms with Crippen molar-refractivity contribution in [1.29, 1.82) is 0 Å². The highest BCUT2D eigenvalue weighted by Crippen LogP contribution is 2.27. The second-order valence-corrected chi connectivity index (χ2v) is 6.56. The molecule has 1 heterocycles. The van der Waals surface area contributed by atoms with Crippen molar-refractivity contribution >= 4 is 22.4 Å². The lowest BCUT2D eigenvalue weighted by Crippen LogP contribution is -2.17. The fraction of sp³-hybridized carbons (Fsp3) is 0.0870. The van der Waals surface area contributed by atoms with E-state index in [1.165, 1.54) is 18.2 Å². The number of anilines is 1. The topological polar surface area (TPSA) is 60.7 Å². The number of ether oxygens (including phenoxy) is 2. The lowest BCUT2D eigenvalue weighted by atomic mass is 10.1. The molecule has 8 heteroatoms. The first-order chi connectivity index (χ1) is 14.9. The van der Waals surface area contributed by atoms with Crippen molar-refractivity contribution in [1.82, 2.24) is 0 Å². The van der Waals surface area contributed by atoms with Gasteiger partial charge in [0.05, 0.1) is 0 Å². The highest BCUT2D eigenvalue weighted by atomic mass is 19.4. The van der Waals surface area contributed by atoms with Crippen LogP contribution < -0.4 is 14.8 Å². The first-order valence-electron chi connectivity index (χ1n) is 9.24. The average molecular weight is 427 g/mol. The number of carbonyl (C=O) groups excluding carboxylic acids is 1. The van der Waals surface area contributed by atoms with Gasteiger partial charge in [0.25, 0.3) is 5.91 Å². The van der Waals surface area contributed by atoms with Gasteiger partial charge < -0.3 is 19.2 Å². The van der Waals surface area contributed by atoms with Crippen molar-refractivity contribution in [3.8, 4) is 11.5 Å². The average Bonchev–Trinajstić information content (AvgIpc) is 3.22. The molecule has 0 aliphatic heterocycles. The minimum atomic E-state index is -4.77. The van der Waals surface area contributed by atoms with E-state index in [0.29, 0.717) is 17.2 Å². The molecule has 31 heavy (non-hydrogen) atoms. The van der Waals surface area contributed by atoms with Gasteiger partial charge in [-0.1, -0.05) is 36.4 Å².